The van der Waals surface area contributed by atoms with Crippen LogP contribution in [0.3, 0.4) is 0 Å². The van der Waals surface area contributed by atoms with Gasteiger partial charge in [0.05, 0.1) is 5.56 Å². The van der Waals surface area contributed by atoms with E-state index in [1.54, 1.807) is 36.4 Å². The van der Waals surface area contributed by atoms with E-state index in [9.17, 15) is 14.4 Å². The second kappa shape index (κ2) is 8.98. The quantitative estimate of drug-likeness (QED) is 0.724. The van der Waals surface area contributed by atoms with Crippen LogP contribution in [0.15, 0.2) is 53.0 Å². The van der Waals surface area contributed by atoms with Crippen LogP contribution in [0, 0.1) is 6.92 Å². The Morgan fingerprint density at radius 3 is 2.44 bits per heavy atom. The Morgan fingerprint density at radius 2 is 1.72 bits per heavy atom. The molecule has 7 heteroatoms. The molecule has 0 spiro atoms. The van der Waals surface area contributed by atoms with Gasteiger partial charge in [0, 0.05) is 10.2 Å². The molecule has 0 saturated carbocycles. The van der Waals surface area contributed by atoms with Gasteiger partial charge in [0.2, 0.25) is 0 Å². The highest BCUT2D eigenvalue weighted by molar-refractivity contribution is 9.10. The van der Waals surface area contributed by atoms with Gasteiger partial charge in [0.15, 0.2) is 6.61 Å². The van der Waals surface area contributed by atoms with Crippen molar-refractivity contribution >= 4 is 39.4 Å². The lowest BCUT2D eigenvalue weighted by Crippen LogP contribution is -2.32. The summed E-state index contributed by atoms with van der Waals surface area (Å²) < 4.78 is 5.48. The molecular formula is C18H17BrN2O4. The van der Waals surface area contributed by atoms with Crippen molar-refractivity contribution in [2.75, 3.05) is 18.5 Å². The van der Waals surface area contributed by atoms with Gasteiger partial charge in [0.1, 0.15) is 6.54 Å². The van der Waals surface area contributed by atoms with Crippen LogP contribution >= 0.6 is 15.9 Å². The predicted octanol–water partition coefficient (Wildman–Crippen LogP) is 2.67. The molecule has 6 nitrogen and oxygen atoms in total. The van der Waals surface area contributed by atoms with E-state index in [-0.39, 0.29) is 6.54 Å². The number of carbonyl (C=O) groups excluding carboxylic acids is 3. The smallest absolute Gasteiger partial charge is 0.325 e. The van der Waals surface area contributed by atoms with Gasteiger partial charge in [-0.3, -0.25) is 14.4 Å². The van der Waals surface area contributed by atoms with Crippen LogP contribution in [0.5, 0.6) is 0 Å². The van der Waals surface area contributed by atoms with Gasteiger partial charge < -0.3 is 15.4 Å². The number of halogens is 1. The second-order valence-corrected chi connectivity index (χ2v) is 6.04. The first-order valence-corrected chi connectivity index (χ1v) is 8.30. The molecule has 0 radical (unpaired) electrons. The number of hydrogen-bond acceptors (Lipinski definition) is 4. The fourth-order valence-electron chi connectivity index (χ4n) is 1.99. The molecule has 2 aromatic rings. The summed E-state index contributed by atoms with van der Waals surface area (Å²) in [6, 6.07) is 14.1. The maximum Gasteiger partial charge on any atom is 0.325 e. The van der Waals surface area contributed by atoms with Crippen molar-refractivity contribution in [1.82, 2.24) is 5.32 Å². The summed E-state index contributed by atoms with van der Waals surface area (Å²) in [5.74, 6) is -1.55. The number of rotatable bonds is 6. The monoisotopic (exact) mass is 404 g/mol. The molecule has 2 rings (SSSR count). The molecule has 0 saturated heterocycles. The van der Waals surface area contributed by atoms with E-state index in [1.165, 1.54) is 0 Å². The van der Waals surface area contributed by atoms with E-state index in [0.29, 0.717) is 15.7 Å². The van der Waals surface area contributed by atoms with E-state index in [1.807, 2.05) is 19.1 Å². The Bertz CT molecular complexity index is 792. The Balaban J connectivity index is 1.75. The van der Waals surface area contributed by atoms with Crippen LogP contribution in [0.25, 0.3) is 0 Å². The third-order valence-electron chi connectivity index (χ3n) is 3.30. The third kappa shape index (κ3) is 5.72. The van der Waals surface area contributed by atoms with Crippen LogP contribution in [-0.4, -0.2) is 30.9 Å². The molecule has 0 aliphatic rings. The van der Waals surface area contributed by atoms with E-state index >= 15 is 0 Å². The van der Waals surface area contributed by atoms with Gasteiger partial charge in [-0.05, 0) is 46.6 Å². The number of anilines is 1. The number of para-hydroxylation sites is 1. The highest BCUT2D eigenvalue weighted by atomic mass is 79.9. The van der Waals surface area contributed by atoms with E-state index in [4.69, 9.17) is 4.74 Å². The van der Waals surface area contributed by atoms with Crippen molar-refractivity contribution < 1.29 is 19.1 Å². The number of esters is 1. The summed E-state index contributed by atoms with van der Waals surface area (Å²) in [6.45, 7) is 1.12. The first-order valence-electron chi connectivity index (χ1n) is 7.51. The lowest BCUT2D eigenvalue weighted by atomic mass is 10.2. The van der Waals surface area contributed by atoms with Crippen LogP contribution in [0.2, 0.25) is 0 Å². The Labute approximate surface area is 153 Å². The molecule has 2 N–H and O–H groups in total. The highest BCUT2D eigenvalue weighted by Crippen LogP contribution is 2.15. The third-order valence-corrected chi connectivity index (χ3v) is 3.99. The summed E-state index contributed by atoms with van der Waals surface area (Å²) in [6.07, 6.45) is 0. The minimum atomic E-state index is -0.694. The number of benzene rings is 2. The molecule has 2 aromatic carbocycles. The van der Waals surface area contributed by atoms with Crippen LogP contribution in [0.1, 0.15) is 15.9 Å². The summed E-state index contributed by atoms with van der Waals surface area (Å²) >= 11 is 3.26. The van der Waals surface area contributed by atoms with Crippen molar-refractivity contribution in [2.45, 2.75) is 6.92 Å². The first-order chi connectivity index (χ1) is 12.0. The number of nitrogens with one attached hydrogen (secondary N) is 2. The number of ether oxygens (including phenoxy) is 1. The molecule has 0 bridgehead atoms. The summed E-state index contributed by atoms with van der Waals surface area (Å²) in [5, 5.41) is 5.10. The Kier molecular flexibility index (Phi) is 6.71. The Hall–Kier alpha value is -2.67. The topological polar surface area (TPSA) is 84.5 Å². The van der Waals surface area contributed by atoms with E-state index in [0.717, 1.165) is 5.56 Å². The van der Waals surface area contributed by atoms with E-state index < -0.39 is 24.4 Å². The summed E-state index contributed by atoms with van der Waals surface area (Å²) in [4.78, 5) is 35.4. The molecule has 0 aliphatic carbocycles. The molecule has 0 unspecified atom stereocenters. The molecule has 25 heavy (non-hydrogen) atoms. The number of aryl methyl sites for hydroxylation is 1. The molecule has 0 aliphatic heterocycles. The predicted molar refractivity (Wildman–Crippen MR) is 97.2 cm³/mol. The van der Waals surface area contributed by atoms with Crippen molar-refractivity contribution in [2.24, 2.45) is 0 Å². The maximum absolute atomic E-state index is 12.0. The average Bonchev–Trinajstić information content (AvgIpc) is 2.60. The van der Waals surface area contributed by atoms with Crippen molar-refractivity contribution in [1.29, 1.82) is 0 Å². The first kappa shape index (κ1) is 18.7. The molecule has 130 valence electrons. The molecule has 0 heterocycles. The fraction of sp³-hybridized carbons (Fsp3) is 0.167. The van der Waals surface area contributed by atoms with Gasteiger partial charge in [-0.2, -0.15) is 0 Å². The van der Waals surface area contributed by atoms with Gasteiger partial charge in [0.25, 0.3) is 11.8 Å². The lowest BCUT2D eigenvalue weighted by Gasteiger charge is -2.09. The lowest BCUT2D eigenvalue weighted by molar-refractivity contribution is -0.146. The molecule has 0 aromatic heterocycles. The summed E-state index contributed by atoms with van der Waals surface area (Å²) in [5.41, 5.74) is 1.97. The average molecular weight is 405 g/mol. The maximum atomic E-state index is 12.0. The second-order valence-electron chi connectivity index (χ2n) is 5.19. The van der Waals surface area contributed by atoms with Crippen LogP contribution in [-0.2, 0) is 14.3 Å². The molecule has 0 atom stereocenters. The van der Waals surface area contributed by atoms with Crippen molar-refractivity contribution in [3.63, 3.8) is 0 Å². The van der Waals surface area contributed by atoms with Gasteiger partial charge in [-0.1, -0.05) is 30.3 Å². The SMILES string of the molecule is Cc1ccccc1NC(=O)COC(=O)CNC(=O)c1ccccc1Br. The number of carbonyl (C=O) groups is 3. The minimum Gasteiger partial charge on any atom is -0.454 e. The van der Waals surface area contributed by atoms with Crippen molar-refractivity contribution in [3.05, 3.63) is 64.1 Å². The van der Waals surface area contributed by atoms with Crippen molar-refractivity contribution in [3.8, 4) is 0 Å². The minimum absolute atomic E-state index is 0.322. The van der Waals surface area contributed by atoms with Gasteiger partial charge in [-0.15, -0.1) is 0 Å². The largest absolute Gasteiger partial charge is 0.454 e. The zero-order chi connectivity index (χ0) is 18.2. The Morgan fingerprint density at radius 1 is 1.04 bits per heavy atom. The zero-order valence-electron chi connectivity index (χ0n) is 13.5. The standard InChI is InChI=1S/C18H17BrN2O4/c1-12-6-2-5-9-15(12)21-16(22)11-25-17(23)10-20-18(24)13-7-3-4-8-14(13)19/h2-9H,10-11H2,1H3,(H,20,24)(H,21,22). The normalized spacial score (nSPS) is 10.0. The van der Waals surface area contributed by atoms with Crippen LogP contribution in [0.4, 0.5) is 5.69 Å². The van der Waals surface area contributed by atoms with Crippen LogP contribution < -0.4 is 10.6 Å². The molecule has 2 amide bonds. The molecule has 0 fully saturated rings. The molecular weight excluding hydrogens is 388 g/mol. The highest BCUT2D eigenvalue weighted by Gasteiger charge is 2.13. The zero-order valence-corrected chi connectivity index (χ0v) is 15.1. The summed E-state index contributed by atoms with van der Waals surface area (Å²) in [7, 11) is 0. The van der Waals surface area contributed by atoms with E-state index in [2.05, 4.69) is 26.6 Å². The number of amides is 2. The van der Waals surface area contributed by atoms with Gasteiger partial charge >= 0.3 is 5.97 Å². The number of hydrogen-bond donors (Lipinski definition) is 2. The fourth-order valence-corrected chi connectivity index (χ4v) is 2.45. The van der Waals surface area contributed by atoms with Gasteiger partial charge in [-0.25, -0.2) is 0 Å².